The van der Waals surface area contributed by atoms with Gasteiger partial charge in [-0.25, -0.2) is 27.4 Å². The molecule has 0 saturated heterocycles. The van der Waals surface area contributed by atoms with E-state index in [1.807, 2.05) is 0 Å². The zero-order valence-electron chi connectivity index (χ0n) is 26.9. The van der Waals surface area contributed by atoms with Crippen molar-refractivity contribution in [1.29, 1.82) is 0 Å². The van der Waals surface area contributed by atoms with Crippen LogP contribution in [-0.4, -0.2) is 95.4 Å². The first kappa shape index (κ1) is 48.3. The van der Waals surface area contributed by atoms with E-state index in [2.05, 4.69) is 18.1 Å². The van der Waals surface area contributed by atoms with Gasteiger partial charge < -0.3 is 48.9 Å². The van der Waals surface area contributed by atoms with Crippen LogP contribution in [-0.2, 0) is 76.8 Å². The second kappa shape index (κ2) is 18.4. The predicted octanol–water partition coefficient (Wildman–Crippen LogP) is 1.13. The highest BCUT2D eigenvalue weighted by Crippen LogP contribution is 2.59. The highest BCUT2D eigenvalue weighted by Gasteiger charge is 2.63. The number of phosphoric acid groups is 6. The molecule has 3 rings (SSSR count). The molecule has 2 aromatic carbocycles. The van der Waals surface area contributed by atoms with Crippen molar-refractivity contribution in [1.82, 2.24) is 0 Å². The van der Waals surface area contributed by atoms with Crippen molar-refractivity contribution in [2.45, 2.75) is 49.8 Å². The van der Waals surface area contributed by atoms with Crippen molar-refractivity contribution in [3.05, 3.63) is 79.9 Å². The molecule has 0 heterocycles. The predicted molar refractivity (Wildman–Crippen MR) is 173 cm³/mol. The Bertz CT molecular complexity index is 1900. The summed E-state index contributed by atoms with van der Waals surface area (Å²) < 4.78 is 111. The molecule has 36 heteroatoms. The Morgan fingerprint density at radius 3 is 0.911 bits per heavy atom. The monoisotopic (exact) mass is 930 g/mol. The first-order valence-corrected chi connectivity index (χ1v) is 23.2. The zero-order valence-corrected chi connectivity index (χ0v) is 32.3. The van der Waals surface area contributed by atoms with Gasteiger partial charge in [0.15, 0.2) is 0 Å². The fourth-order valence-electron chi connectivity index (χ4n) is 4.77. The molecule has 0 bridgehead atoms. The minimum absolute atomic E-state index is 0.460. The van der Waals surface area contributed by atoms with Crippen LogP contribution in [0, 0.1) is 20.2 Å². The van der Waals surface area contributed by atoms with Gasteiger partial charge >= 0.3 is 46.9 Å². The van der Waals surface area contributed by atoms with Crippen LogP contribution in [0.2, 0.25) is 0 Å². The van der Waals surface area contributed by atoms with Gasteiger partial charge in [-0.15, -0.1) is 0 Å². The number of phosphoric ester groups is 6. The number of rotatable bonds is 20. The quantitative estimate of drug-likeness (QED) is 0.0505. The summed E-state index contributed by atoms with van der Waals surface area (Å²) >= 11 is 0. The topological polar surface area (TPSA) is 465 Å². The highest BCUT2D eigenvalue weighted by molar-refractivity contribution is 7.48. The average Bonchev–Trinajstić information content (AvgIpc) is 3.02. The maximum atomic E-state index is 13.3. The standard InChI is InChI=1S/C20H28N2O28P6/c23-21(24)13-7-3-1-5-11(13)9-43-55(39,40)49-19-17(47-53(33,34)35)15(45-51(27,28)29)16(46-52(30,31)32)18(48-54(36,37)38)20(19)50-56(41,42)44-10-12-6-2-4-8-14(12)22(25)26/h1-8,15-20H,9-10H2,(H,39,40)(H,41,42)(H2,27,28,29)(H2,30,31,32)(H2,33,34,35)(H2,36,37,38)/t15-,16-,17+,18+,19-,20+/m0/s1. The first-order valence-electron chi connectivity index (χ1n) is 14.1. The molecule has 0 radical (unpaired) electrons. The van der Waals surface area contributed by atoms with Crippen LogP contribution in [0.25, 0.3) is 0 Å². The van der Waals surface area contributed by atoms with Crippen LogP contribution < -0.4 is 0 Å². The average molecular weight is 930 g/mol. The molecular formula is C20H28N2O28P6. The van der Waals surface area contributed by atoms with Gasteiger partial charge in [0.1, 0.15) is 36.6 Å². The van der Waals surface area contributed by atoms with Crippen LogP contribution in [0.1, 0.15) is 11.1 Å². The minimum atomic E-state index is -6.23. The lowest BCUT2D eigenvalue weighted by atomic mass is 9.85. The molecule has 0 aliphatic heterocycles. The molecule has 1 aliphatic carbocycles. The van der Waals surface area contributed by atoms with Gasteiger partial charge in [-0.05, 0) is 12.1 Å². The molecule has 0 aromatic heterocycles. The molecule has 0 spiro atoms. The molecule has 10 N–H and O–H groups in total. The summed E-state index contributed by atoms with van der Waals surface area (Å²) in [5.74, 6) is 0. The summed E-state index contributed by atoms with van der Waals surface area (Å²) in [6, 6.07) is 8.45. The third-order valence-corrected chi connectivity index (χ3v) is 10.6. The molecule has 316 valence electrons. The number of nitro groups is 2. The summed E-state index contributed by atoms with van der Waals surface area (Å²) in [4.78, 5) is 119. The third kappa shape index (κ3) is 15.3. The van der Waals surface area contributed by atoms with Gasteiger partial charge in [-0.2, -0.15) is 0 Å². The van der Waals surface area contributed by atoms with E-state index in [1.165, 1.54) is 12.1 Å². The number of nitrogens with zero attached hydrogens (tertiary/aromatic N) is 2. The van der Waals surface area contributed by atoms with E-state index in [0.29, 0.717) is 0 Å². The summed E-state index contributed by atoms with van der Waals surface area (Å²) in [7, 11) is -37.1. The Morgan fingerprint density at radius 2 is 0.679 bits per heavy atom. The second-order valence-corrected chi connectivity index (χ2v) is 18.2. The summed E-state index contributed by atoms with van der Waals surface area (Å²) in [6.07, 6.45) is -19.7. The van der Waals surface area contributed by atoms with Crippen molar-refractivity contribution in [3.63, 3.8) is 0 Å². The van der Waals surface area contributed by atoms with E-state index in [0.717, 1.165) is 36.4 Å². The van der Waals surface area contributed by atoms with Crippen LogP contribution in [0.4, 0.5) is 11.4 Å². The second-order valence-electron chi connectivity index (χ2n) is 10.6. The number of para-hydroxylation sites is 2. The lowest BCUT2D eigenvalue weighted by molar-refractivity contribution is -0.386. The van der Waals surface area contributed by atoms with Gasteiger partial charge in [0.25, 0.3) is 11.4 Å². The molecule has 0 amide bonds. The fourth-order valence-corrected chi connectivity index (χ4v) is 8.82. The van der Waals surface area contributed by atoms with E-state index >= 15 is 0 Å². The van der Waals surface area contributed by atoms with Crippen LogP contribution in [0.15, 0.2) is 48.5 Å². The molecule has 1 fully saturated rings. The van der Waals surface area contributed by atoms with Gasteiger partial charge in [0, 0.05) is 12.1 Å². The molecule has 8 atom stereocenters. The fraction of sp³-hybridized carbons (Fsp3) is 0.400. The van der Waals surface area contributed by atoms with Crippen molar-refractivity contribution in [2.75, 3.05) is 0 Å². The maximum absolute atomic E-state index is 13.3. The van der Waals surface area contributed by atoms with Gasteiger partial charge in [0.2, 0.25) is 0 Å². The Hall–Kier alpha value is -2.10. The van der Waals surface area contributed by atoms with Gasteiger partial charge in [-0.1, -0.05) is 24.3 Å². The van der Waals surface area contributed by atoms with Crippen molar-refractivity contribution >= 4 is 58.3 Å². The van der Waals surface area contributed by atoms with Crippen LogP contribution in [0.5, 0.6) is 0 Å². The third-order valence-electron chi connectivity index (χ3n) is 6.63. The van der Waals surface area contributed by atoms with Crippen molar-refractivity contribution in [2.24, 2.45) is 0 Å². The van der Waals surface area contributed by atoms with E-state index in [9.17, 15) is 96.6 Å². The SMILES string of the molecule is O=[N+]([O-])c1ccccc1COP(=O)(O)O[C@@H]1[C@H](OP(=O)(O)O)[C@@H](OP(=O)(O)O)[C@H](OP(=O)(O)O)[C@@H](OP(=O)(O)O)[C@@H]1OP(=O)(O)OCc1ccccc1[N+](=O)[O-]. The van der Waals surface area contributed by atoms with Crippen LogP contribution in [0.3, 0.4) is 0 Å². The minimum Gasteiger partial charge on any atom is -0.303 e. The maximum Gasteiger partial charge on any atom is 0.472 e. The molecule has 2 aromatic rings. The van der Waals surface area contributed by atoms with E-state index in [1.54, 1.807) is 0 Å². The highest BCUT2D eigenvalue weighted by atomic mass is 31.2. The Kier molecular flexibility index (Phi) is 15.9. The van der Waals surface area contributed by atoms with Crippen molar-refractivity contribution in [3.8, 4) is 0 Å². The lowest BCUT2D eigenvalue weighted by Crippen LogP contribution is -2.66. The van der Waals surface area contributed by atoms with E-state index < -0.39 is 129 Å². The molecular weight excluding hydrogens is 902 g/mol. The normalized spacial score (nSPS) is 24.5. The van der Waals surface area contributed by atoms with Crippen molar-refractivity contribution < 1.29 is 122 Å². The molecule has 30 nitrogen and oxygen atoms in total. The van der Waals surface area contributed by atoms with E-state index in [4.69, 9.17) is 18.1 Å². The molecule has 56 heavy (non-hydrogen) atoms. The molecule has 1 aliphatic rings. The Balaban J connectivity index is 2.27. The Labute approximate surface area is 310 Å². The smallest absolute Gasteiger partial charge is 0.303 e. The molecule has 2 unspecified atom stereocenters. The number of benzene rings is 2. The van der Waals surface area contributed by atoms with Gasteiger partial charge in [-0.3, -0.25) is 56.4 Å². The first-order chi connectivity index (χ1) is 25.4. The van der Waals surface area contributed by atoms with Gasteiger partial charge in [0.05, 0.1) is 34.2 Å². The zero-order chi connectivity index (χ0) is 42.7. The summed E-state index contributed by atoms with van der Waals surface area (Å²) in [5.41, 5.74) is -2.38. The Morgan fingerprint density at radius 1 is 0.446 bits per heavy atom. The summed E-state index contributed by atoms with van der Waals surface area (Å²) in [5, 5.41) is 22.8. The number of hydrogen-bond donors (Lipinski definition) is 10. The molecule has 1 saturated carbocycles. The van der Waals surface area contributed by atoms with Crippen LogP contribution >= 0.6 is 46.9 Å². The number of nitro benzene ring substituents is 2. The summed E-state index contributed by atoms with van der Waals surface area (Å²) in [6.45, 7) is -2.50. The largest absolute Gasteiger partial charge is 0.472 e. The number of hydrogen-bond acceptors (Lipinski definition) is 18. The van der Waals surface area contributed by atoms with E-state index in [-0.39, 0.29) is 0 Å². The lowest BCUT2D eigenvalue weighted by Gasteiger charge is -2.48.